The smallest absolute Gasteiger partial charge is 0.263 e. The van der Waals surface area contributed by atoms with E-state index in [2.05, 4.69) is 12.2 Å². The topological polar surface area (TPSA) is 73.2 Å². The standard InChI is InChI=1S/C21H29N3O3S2/c1-2-3-10-22-17(25)13-28-21-23-19-18(15-8-4-5-9-16(15)29-19)20(26)24(21)12-14-7-6-11-27-14/h14H,2-13H2,1H3,(H,22,25). The Morgan fingerprint density at radius 1 is 1.34 bits per heavy atom. The number of aryl methyl sites for hydroxylation is 2. The summed E-state index contributed by atoms with van der Waals surface area (Å²) in [5.41, 5.74) is 1.25. The van der Waals surface area contributed by atoms with Crippen LogP contribution in [-0.2, 0) is 28.9 Å². The minimum atomic E-state index is -0.00747. The maximum atomic E-state index is 13.5. The average Bonchev–Trinajstić information content (AvgIpc) is 3.36. The van der Waals surface area contributed by atoms with Crippen molar-refractivity contribution in [1.82, 2.24) is 14.9 Å². The van der Waals surface area contributed by atoms with Gasteiger partial charge in [0.1, 0.15) is 4.83 Å². The molecule has 1 saturated heterocycles. The van der Waals surface area contributed by atoms with Crippen LogP contribution < -0.4 is 10.9 Å². The van der Waals surface area contributed by atoms with Gasteiger partial charge in [-0.15, -0.1) is 11.3 Å². The SMILES string of the molecule is CCCCNC(=O)CSc1nc2sc3c(c2c(=O)n1CC1CCCO1)CCCC3. The van der Waals surface area contributed by atoms with Crippen molar-refractivity contribution in [2.45, 2.75) is 76.1 Å². The summed E-state index contributed by atoms with van der Waals surface area (Å²) in [6.07, 6.45) is 8.42. The Hall–Kier alpha value is -1.38. The number of hydrogen-bond acceptors (Lipinski definition) is 6. The van der Waals surface area contributed by atoms with E-state index in [1.165, 1.54) is 28.6 Å². The number of aromatic nitrogens is 2. The van der Waals surface area contributed by atoms with Gasteiger partial charge in [-0.1, -0.05) is 25.1 Å². The van der Waals surface area contributed by atoms with E-state index in [0.29, 0.717) is 18.2 Å². The number of nitrogens with one attached hydrogen (secondary N) is 1. The Balaban J connectivity index is 1.63. The average molecular weight is 436 g/mol. The van der Waals surface area contributed by atoms with Crippen LogP contribution in [0.1, 0.15) is 55.9 Å². The molecule has 1 aliphatic heterocycles. The molecule has 1 amide bonds. The van der Waals surface area contributed by atoms with Crippen LogP contribution in [0.25, 0.3) is 10.2 Å². The number of fused-ring (bicyclic) bond motifs is 3. The predicted molar refractivity (Wildman–Crippen MR) is 118 cm³/mol. The van der Waals surface area contributed by atoms with Crippen molar-refractivity contribution < 1.29 is 9.53 Å². The van der Waals surface area contributed by atoms with Crippen molar-refractivity contribution in [2.24, 2.45) is 0 Å². The normalized spacial score (nSPS) is 18.9. The summed E-state index contributed by atoms with van der Waals surface area (Å²) in [5, 5.41) is 4.39. The zero-order valence-corrected chi connectivity index (χ0v) is 18.6. The zero-order valence-electron chi connectivity index (χ0n) is 17.0. The number of ether oxygens (including phenoxy) is 1. The lowest BCUT2D eigenvalue weighted by atomic mass is 9.97. The van der Waals surface area contributed by atoms with E-state index in [4.69, 9.17) is 9.72 Å². The zero-order chi connectivity index (χ0) is 20.2. The van der Waals surface area contributed by atoms with Gasteiger partial charge in [-0.25, -0.2) is 4.98 Å². The van der Waals surface area contributed by atoms with E-state index in [1.54, 1.807) is 15.9 Å². The molecule has 0 bridgehead atoms. The van der Waals surface area contributed by atoms with Crippen molar-refractivity contribution >= 4 is 39.2 Å². The van der Waals surface area contributed by atoms with E-state index >= 15 is 0 Å². The molecule has 8 heteroatoms. The van der Waals surface area contributed by atoms with Gasteiger partial charge in [0.2, 0.25) is 5.91 Å². The third-order valence-corrected chi connectivity index (χ3v) is 7.80. The van der Waals surface area contributed by atoms with Crippen LogP contribution in [0.3, 0.4) is 0 Å². The number of carbonyl (C=O) groups excluding carboxylic acids is 1. The fourth-order valence-electron chi connectivity index (χ4n) is 4.07. The molecule has 1 atom stereocenters. The van der Waals surface area contributed by atoms with Crippen LogP contribution >= 0.6 is 23.1 Å². The van der Waals surface area contributed by atoms with E-state index < -0.39 is 0 Å². The Bertz CT molecular complexity index is 931. The highest BCUT2D eigenvalue weighted by molar-refractivity contribution is 7.99. The number of nitrogens with zero attached hydrogens (tertiary/aromatic N) is 2. The fraction of sp³-hybridized carbons (Fsp3) is 0.667. The van der Waals surface area contributed by atoms with Gasteiger partial charge in [-0.2, -0.15) is 0 Å². The molecule has 0 aromatic carbocycles. The molecule has 1 N–H and O–H groups in total. The van der Waals surface area contributed by atoms with Crippen molar-refractivity contribution in [3.05, 3.63) is 20.8 Å². The molecule has 0 saturated carbocycles. The van der Waals surface area contributed by atoms with Crippen molar-refractivity contribution in [1.29, 1.82) is 0 Å². The van der Waals surface area contributed by atoms with Crippen LogP contribution in [0.15, 0.2) is 9.95 Å². The van der Waals surface area contributed by atoms with Gasteiger partial charge in [-0.3, -0.25) is 14.2 Å². The third-order valence-electron chi connectivity index (χ3n) is 5.63. The molecule has 0 spiro atoms. The van der Waals surface area contributed by atoms with Gasteiger partial charge in [0.25, 0.3) is 5.56 Å². The minimum absolute atomic E-state index is 0.00747. The third kappa shape index (κ3) is 4.70. The number of rotatable bonds is 8. The Morgan fingerprint density at radius 2 is 2.21 bits per heavy atom. The minimum Gasteiger partial charge on any atom is -0.376 e. The summed E-state index contributed by atoms with van der Waals surface area (Å²) in [4.78, 5) is 32.7. The lowest BCUT2D eigenvalue weighted by molar-refractivity contribution is -0.118. The van der Waals surface area contributed by atoms with Crippen molar-refractivity contribution in [3.63, 3.8) is 0 Å². The van der Waals surface area contributed by atoms with E-state index in [9.17, 15) is 9.59 Å². The van der Waals surface area contributed by atoms with Crippen molar-refractivity contribution in [2.75, 3.05) is 18.9 Å². The number of carbonyl (C=O) groups is 1. The van der Waals surface area contributed by atoms with Gasteiger partial charge in [0.05, 0.1) is 23.8 Å². The van der Waals surface area contributed by atoms with Gasteiger partial charge >= 0.3 is 0 Å². The number of thioether (sulfide) groups is 1. The molecule has 1 unspecified atom stereocenters. The quantitative estimate of drug-likeness (QED) is 0.390. The molecule has 1 fully saturated rings. The second-order valence-corrected chi connectivity index (χ2v) is 9.85. The molecule has 2 aliphatic rings. The lowest BCUT2D eigenvalue weighted by Crippen LogP contribution is -2.30. The second-order valence-electron chi connectivity index (χ2n) is 7.83. The van der Waals surface area contributed by atoms with Gasteiger partial charge in [-0.05, 0) is 50.5 Å². The molecule has 2 aromatic rings. The first-order chi connectivity index (χ1) is 14.2. The molecule has 2 aromatic heterocycles. The summed E-state index contributed by atoms with van der Waals surface area (Å²) in [6, 6.07) is 0. The lowest BCUT2D eigenvalue weighted by Gasteiger charge is -2.16. The molecule has 4 rings (SSSR count). The van der Waals surface area contributed by atoms with E-state index in [-0.39, 0.29) is 23.3 Å². The highest BCUT2D eigenvalue weighted by atomic mass is 32.2. The van der Waals surface area contributed by atoms with Crippen LogP contribution in [0.4, 0.5) is 0 Å². The summed E-state index contributed by atoms with van der Waals surface area (Å²) in [5.74, 6) is 0.269. The highest BCUT2D eigenvalue weighted by Gasteiger charge is 2.25. The summed E-state index contributed by atoms with van der Waals surface area (Å²) in [7, 11) is 0. The van der Waals surface area contributed by atoms with Gasteiger partial charge in [0.15, 0.2) is 5.16 Å². The Kier molecular flexibility index (Phi) is 6.92. The molecule has 1 aliphatic carbocycles. The van der Waals surface area contributed by atoms with Crippen LogP contribution in [0.5, 0.6) is 0 Å². The molecular weight excluding hydrogens is 406 g/mol. The van der Waals surface area contributed by atoms with Crippen LogP contribution in [0, 0.1) is 0 Å². The molecule has 158 valence electrons. The van der Waals surface area contributed by atoms with E-state index in [0.717, 1.165) is 61.8 Å². The first kappa shape index (κ1) is 20.9. The fourth-order valence-corrected chi connectivity index (χ4v) is 6.21. The highest BCUT2D eigenvalue weighted by Crippen LogP contribution is 2.35. The van der Waals surface area contributed by atoms with Crippen LogP contribution in [-0.4, -0.2) is 40.5 Å². The van der Waals surface area contributed by atoms with E-state index in [1.807, 2.05) is 0 Å². The monoisotopic (exact) mass is 435 g/mol. The molecule has 3 heterocycles. The van der Waals surface area contributed by atoms with Gasteiger partial charge < -0.3 is 10.1 Å². The maximum Gasteiger partial charge on any atom is 0.263 e. The summed E-state index contributed by atoms with van der Waals surface area (Å²) in [6.45, 7) is 4.07. The number of thiophene rings is 1. The first-order valence-electron chi connectivity index (χ1n) is 10.7. The van der Waals surface area contributed by atoms with Gasteiger partial charge in [0, 0.05) is 18.0 Å². The van der Waals surface area contributed by atoms with Crippen LogP contribution in [0.2, 0.25) is 0 Å². The first-order valence-corrected chi connectivity index (χ1v) is 12.5. The molecular formula is C21H29N3O3S2. The molecule has 29 heavy (non-hydrogen) atoms. The van der Waals surface area contributed by atoms with Crippen molar-refractivity contribution in [3.8, 4) is 0 Å². The number of unbranched alkanes of at least 4 members (excludes halogenated alkanes) is 1. The summed E-state index contributed by atoms with van der Waals surface area (Å²) >= 11 is 3.02. The predicted octanol–water partition coefficient (Wildman–Crippen LogP) is 3.52. The summed E-state index contributed by atoms with van der Waals surface area (Å²) < 4.78 is 7.56. The maximum absolute atomic E-state index is 13.5. The number of amides is 1. The second kappa shape index (κ2) is 9.62. The molecule has 6 nitrogen and oxygen atoms in total. The Morgan fingerprint density at radius 3 is 3.00 bits per heavy atom. The Labute approximate surface area is 179 Å². The largest absolute Gasteiger partial charge is 0.376 e. The number of hydrogen-bond donors (Lipinski definition) is 1. The molecule has 0 radical (unpaired) electrons.